The number of carbonyl (C=O) groups is 1. The van der Waals surface area contributed by atoms with Crippen molar-refractivity contribution in [3.05, 3.63) is 28.8 Å². The number of ether oxygens (including phenoxy) is 1. The van der Waals surface area contributed by atoms with Gasteiger partial charge in [0.1, 0.15) is 0 Å². The fourth-order valence-electron chi connectivity index (χ4n) is 2.39. The molecule has 104 valence electrons. The van der Waals surface area contributed by atoms with Gasteiger partial charge in [-0.15, -0.1) is 0 Å². The number of carbonyl (C=O) groups excluding carboxylic acids is 1. The molecule has 0 radical (unpaired) electrons. The fraction of sp³-hybridized carbons (Fsp3) is 0.533. The van der Waals surface area contributed by atoms with Crippen molar-refractivity contribution in [3.8, 4) is 0 Å². The summed E-state index contributed by atoms with van der Waals surface area (Å²) >= 11 is 6.25. The van der Waals surface area contributed by atoms with E-state index in [0.717, 1.165) is 31.7 Å². The first kappa shape index (κ1) is 14.4. The van der Waals surface area contributed by atoms with Crippen LogP contribution in [0.4, 0.5) is 5.69 Å². The van der Waals surface area contributed by atoms with E-state index in [1.807, 2.05) is 19.2 Å². The van der Waals surface area contributed by atoms with Gasteiger partial charge in [-0.25, -0.2) is 0 Å². The van der Waals surface area contributed by atoms with E-state index in [2.05, 4.69) is 4.90 Å². The molecule has 2 rings (SSSR count). The average Bonchev–Trinajstić information content (AvgIpc) is 2.39. The number of halogens is 1. The van der Waals surface area contributed by atoms with Crippen molar-refractivity contribution >= 4 is 23.1 Å². The normalized spacial score (nSPS) is 19.2. The molecule has 1 saturated heterocycles. The summed E-state index contributed by atoms with van der Waals surface area (Å²) in [5.74, 6) is 0.0340. The molecule has 1 heterocycles. The molecule has 0 aromatic heterocycles. The van der Waals surface area contributed by atoms with Crippen LogP contribution >= 0.6 is 11.6 Å². The Bertz CT molecular complexity index is 455. The highest BCUT2D eigenvalue weighted by Gasteiger charge is 2.17. The topological polar surface area (TPSA) is 29.5 Å². The summed E-state index contributed by atoms with van der Waals surface area (Å²) in [7, 11) is 2.01. The Morgan fingerprint density at radius 2 is 2.26 bits per heavy atom. The van der Waals surface area contributed by atoms with Gasteiger partial charge in [0.15, 0.2) is 5.78 Å². The van der Waals surface area contributed by atoms with Gasteiger partial charge in [-0.05, 0) is 44.4 Å². The Kier molecular flexibility index (Phi) is 4.83. The van der Waals surface area contributed by atoms with Crippen LogP contribution in [0, 0.1) is 0 Å². The number of likely N-dealkylation sites (N-methyl/N-ethyl adjacent to an activating group) is 1. The van der Waals surface area contributed by atoms with Gasteiger partial charge in [-0.2, -0.15) is 0 Å². The standard InChI is InChI=1S/C15H20ClNO2/c1-11(18)12-6-7-15(14(16)9-12)17(2)10-13-5-3-4-8-19-13/h6-7,9,13H,3-5,8,10H2,1-2H3. The minimum Gasteiger partial charge on any atom is -0.376 e. The van der Waals surface area contributed by atoms with Crippen molar-refractivity contribution in [2.75, 3.05) is 25.1 Å². The highest BCUT2D eigenvalue weighted by molar-refractivity contribution is 6.33. The highest BCUT2D eigenvalue weighted by atomic mass is 35.5. The van der Waals surface area contributed by atoms with Gasteiger partial charge in [-0.3, -0.25) is 4.79 Å². The molecule has 1 unspecified atom stereocenters. The lowest BCUT2D eigenvalue weighted by atomic mass is 10.1. The van der Waals surface area contributed by atoms with E-state index in [1.165, 1.54) is 6.42 Å². The van der Waals surface area contributed by atoms with E-state index in [4.69, 9.17) is 16.3 Å². The van der Waals surface area contributed by atoms with Gasteiger partial charge in [-0.1, -0.05) is 11.6 Å². The summed E-state index contributed by atoms with van der Waals surface area (Å²) in [5, 5.41) is 0.617. The molecule has 0 saturated carbocycles. The quantitative estimate of drug-likeness (QED) is 0.791. The number of anilines is 1. The van der Waals surface area contributed by atoms with Crippen LogP contribution in [0.25, 0.3) is 0 Å². The zero-order chi connectivity index (χ0) is 13.8. The van der Waals surface area contributed by atoms with E-state index in [0.29, 0.717) is 10.6 Å². The number of Topliss-reactive ketones (excluding diaryl/α,β-unsaturated/α-hetero) is 1. The van der Waals surface area contributed by atoms with Crippen LogP contribution in [0.15, 0.2) is 18.2 Å². The third-order valence-electron chi connectivity index (χ3n) is 3.52. The summed E-state index contributed by atoms with van der Waals surface area (Å²) in [6, 6.07) is 5.46. The van der Waals surface area contributed by atoms with Crippen LogP contribution in [-0.2, 0) is 4.74 Å². The van der Waals surface area contributed by atoms with Gasteiger partial charge in [0.05, 0.1) is 16.8 Å². The number of benzene rings is 1. The summed E-state index contributed by atoms with van der Waals surface area (Å²) in [4.78, 5) is 13.4. The maximum Gasteiger partial charge on any atom is 0.159 e. The minimum absolute atomic E-state index is 0.0340. The van der Waals surface area contributed by atoms with Crippen molar-refractivity contribution in [3.63, 3.8) is 0 Å². The zero-order valence-corrected chi connectivity index (χ0v) is 12.2. The molecule has 0 amide bonds. The molecule has 1 aromatic rings. The van der Waals surface area contributed by atoms with Crippen molar-refractivity contribution in [2.45, 2.75) is 32.3 Å². The Balaban J connectivity index is 2.05. The molecule has 19 heavy (non-hydrogen) atoms. The molecule has 3 nitrogen and oxygen atoms in total. The Morgan fingerprint density at radius 3 is 2.84 bits per heavy atom. The first-order chi connectivity index (χ1) is 9.08. The summed E-state index contributed by atoms with van der Waals surface area (Å²) < 4.78 is 5.73. The number of nitrogens with zero attached hydrogens (tertiary/aromatic N) is 1. The molecule has 1 atom stereocenters. The molecule has 1 aliphatic heterocycles. The smallest absolute Gasteiger partial charge is 0.159 e. The maximum absolute atomic E-state index is 11.3. The molecule has 0 spiro atoms. The third-order valence-corrected chi connectivity index (χ3v) is 3.82. The molecule has 0 aliphatic carbocycles. The lowest BCUT2D eigenvalue weighted by molar-refractivity contribution is 0.0216. The molecular weight excluding hydrogens is 262 g/mol. The second-order valence-electron chi connectivity index (χ2n) is 5.09. The predicted octanol–water partition coefficient (Wildman–Crippen LogP) is 3.55. The van der Waals surface area contributed by atoms with Crippen LogP contribution in [0.3, 0.4) is 0 Å². The van der Waals surface area contributed by atoms with Crippen molar-refractivity contribution in [1.82, 2.24) is 0 Å². The first-order valence-corrected chi connectivity index (χ1v) is 7.09. The van der Waals surface area contributed by atoms with E-state index in [1.54, 1.807) is 13.0 Å². The molecule has 0 bridgehead atoms. The molecule has 1 aromatic carbocycles. The van der Waals surface area contributed by atoms with Crippen LogP contribution in [0.2, 0.25) is 5.02 Å². The van der Waals surface area contributed by atoms with Gasteiger partial charge in [0.2, 0.25) is 0 Å². The third kappa shape index (κ3) is 3.71. The molecule has 1 aliphatic rings. The van der Waals surface area contributed by atoms with Crippen LogP contribution in [0.1, 0.15) is 36.5 Å². The lowest BCUT2D eigenvalue weighted by Crippen LogP contribution is -2.33. The molecule has 0 N–H and O–H groups in total. The largest absolute Gasteiger partial charge is 0.376 e. The second kappa shape index (κ2) is 6.40. The summed E-state index contributed by atoms with van der Waals surface area (Å²) in [6.45, 7) is 3.24. The van der Waals surface area contributed by atoms with E-state index >= 15 is 0 Å². The zero-order valence-electron chi connectivity index (χ0n) is 11.5. The summed E-state index contributed by atoms with van der Waals surface area (Å²) in [5.41, 5.74) is 1.59. The average molecular weight is 282 g/mol. The van der Waals surface area contributed by atoms with Crippen molar-refractivity contribution < 1.29 is 9.53 Å². The highest BCUT2D eigenvalue weighted by Crippen LogP contribution is 2.27. The van der Waals surface area contributed by atoms with Gasteiger partial charge >= 0.3 is 0 Å². The van der Waals surface area contributed by atoms with Gasteiger partial charge in [0, 0.05) is 25.8 Å². The maximum atomic E-state index is 11.3. The predicted molar refractivity (Wildman–Crippen MR) is 78.3 cm³/mol. The molecule has 4 heteroatoms. The number of rotatable bonds is 4. The number of ketones is 1. The fourth-order valence-corrected chi connectivity index (χ4v) is 2.72. The summed E-state index contributed by atoms with van der Waals surface area (Å²) in [6.07, 6.45) is 3.78. The Morgan fingerprint density at radius 1 is 1.47 bits per heavy atom. The Labute approximate surface area is 119 Å². The molecular formula is C15H20ClNO2. The number of hydrogen-bond acceptors (Lipinski definition) is 3. The Hall–Kier alpha value is -1.06. The first-order valence-electron chi connectivity index (χ1n) is 6.71. The van der Waals surface area contributed by atoms with Gasteiger partial charge < -0.3 is 9.64 Å². The van der Waals surface area contributed by atoms with Crippen LogP contribution in [-0.4, -0.2) is 32.1 Å². The van der Waals surface area contributed by atoms with Gasteiger partial charge in [0.25, 0.3) is 0 Å². The van der Waals surface area contributed by atoms with E-state index in [9.17, 15) is 4.79 Å². The molecule has 1 fully saturated rings. The van der Waals surface area contributed by atoms with Crippen molar-refractivity contribution in [2.24, 2.45) is 0 Å². The monoisotopic (exact) mass is 281 g/mol. The lowest BCUT2D eigenvalue weighted by Gasteiger charge is -2.29. The minimum atomic E-state index is 0.0340. The van der Waals surface area contributed by atoms with E-state index < -0.39 is 0 Å². The van der Waals surface area contributed by atoms with Crippen LogP contribution < -0.4 is 4.90 Å². The van der Waals surface area contributed by atoms with Crippen LogP contribution in [0.5, 0.6) is 0 Å². The number of hydrogen-bond donors (Lipinski definition) is 0. The second-order valence-corrected chi connectivity index (χ2v) is 5.50. The van der Waals surface area contributed by atoms with Crippen molar-refractivity contribution in [1.29, 1.82) is 0 Å². The van der Waals surface area contributed by atoms with E-state index in [-0.39, 0.29) is 11.9 Å². The SMILES string of the molecule is CC(=O)c1ccc(N(C)CC2CCCCO2)c(Cl)c1.